The standard InChI is InChI=1S/C14H28N2O2/c1-4-6-7-8-9-10-12(17)16-14(18)13(15)11(3)5-2/h11,13H,4-10,15H2,1-3H3,(H,16,17,18)/t11-,13-/m0/s1. The lowest BCUT2D eigenvalue weighted by atomic mass is 9.99. The lowest BCUT2D eigenvalue weighted by molar-refractivity contribution is -0.131. The summed E-state index contributed by atoms with van der Waals surface area (Å²) in [4.78, 5) is 23.1. The molecule has 0 rings (SSSR count). The number of hydrogen-bond acceptors (Lipinski definition) is 3. The molecule has 4 heteroatoms. The van der Waals surface area contributed by atoms with Gasteiger partial charge in [-0.3, -0.25) is 14.9 Å². The zero-order valence-corrected chi connectivity index (χ0v) is 12.0. The maximum absolute atomic E-state index is 11.6. The summed E-state index contributed by atoms with van der Waals surface area (Å²) in [5, 5.41) is 2.38. The van der Waals surface area contributed by atoms with Crippen molar-refractivity contribution in [3.8, 4) is 0 Å². The first-order valence-electron chi connectivity index (χ1n) is 7.12. The Morgan fingerprint density at radius 1 is 1.11 bits per heavy atom. The van der Waals surface area contributed by atoms with Crippen molar-refractivity contribution in [1.29, 1.82) is 0 Å². The van der Waals surface area contributed by atoms with Gasteiger partial charge in [-0.25, -0.2) is 0 Å². The molecule has 0 bridgehead atoms. The molecule has 0 spiro atoms. The first-order chi connectivity index (χ1) is 8.52. The minimum absolute atomic E-state index is 0.0994. The minimum Gasteiger partial charge on any atom is -0.320 e. The van der Waals surface area contributed by atoms with E-state index in [9.17, 15) is 9.59 Å². The fourth-order valence-electron chi connectivity index (χ4n) is 1.68. The molecule has 4 nitrogen and oxygen atoms in total. The molecule has 3 N–H and O–H groups in total. The van der Waals surface area contributed by atoms with E-state index in [4.69, 9.17) is 5.73 Å². The fraction of sp³-hybridized carbons (Fsp3) is 0.857. The van der Waals surface area contributed by atoms with E-state index < -0.39 is 6.04 Å². The minimum atomic E-state index is -0.584. The Hall–Kier alpha value is -0.900. The van der Waals surface area contributed by atoms with Gasteiger partial charge < -0.3 is 5.73 Å². The molecule has 0 aromatic heterocycles. The molecular weight excluding hydrogens is 228 g/mol. The second-order valence-corrected chi connectivity index (χ2v) is 4.99. The van der Waals surface area contributed by atoms with Crippen LogP contribution in [0, 0.1) is 5.92 Å². The Bertz CT molecular complexity index is 254. The van der Waals surface area contributed by atoms with E-state index >= 15 is 0 Å². The summed E-state index contributed by atoms with van der Waals surface area (Å²) in [6.07, 6.45) is 6.70. The molecule has 18 heavy (non-hydrogen) atoms. The predicted octanol–water partition coefficient (Wildman–Crippen LogP) is 2.36. The van der Waals surface area contributed by atoms with Crippen molar-refractivity contribution in [1.82, 2.24) is 5.32 Å². The highest BCUT2D eigenvalue weighted by Gasteiger charge is 2.20. The molecule has 2 amide bonds. The zero-order valence-electron chi connectivity index (χ0n) is 12.0. The highest BCUT2D eigenvalue weighted by atomic mass is 16.2. The van der Waals surface area contributed by atoms with Gasteiger partial charge in [-0.2, -0.15) is 0 Å². The Morgan fingerprint density at radius 2 is 1.72 bits per heavy atom. The van der Waals surface area contributed by atoms with Crippen LogP contribution >= 0.6 is 0 Å². The molecule has 0 aromatic carbocycles. The highest BCUT2D eigenvalue weighted by Crippen LogP contribution is 2.06. The number of carbonyl (C=O) groups excluding carboxylic acids is 2. The van der Waals surface area contributed by atoms with E-state index in [-0.39, 0.29) is 17.7 Å². The van der Waals surface area contributed by atoms with Crippen molar-refractivity contribution in [2.45, 2.75) is 71.8 Å². The monoisotopic (exact) mass is 256 g/mol. The molecular formula is C14H28N2O2. The third-order valence-corrected chi connectivity index (χ3v) is 3.33. The summed E-state index contributed by atoms with van der Waals surface area (Å²) >= 11 is 0. The summed E-state index contributed by atoms with van der Waals surface area (Å²) in [6.45, 7) is 6.05. The molecule has 0 fully saturated rings. The Kier molecular flexibility index (Phi) is 9.56. The van der Waals surface area contributed by atoms with Gasteiger partial charge in [0.05, 0.1) is 6.04 Å². The molecule has 0 aliphatic rings. The molecule has 0 unspecified atom stereocenters. The number of rotatable bonds is 9. The van der Waals surface area contributed by atoms with Crippen LogP contribution in [-0.4, -0.2) is 17.9 Å². The Labute approximate surface area is 111 Å². The van der Waals surface area contributed by atoms with E-state index in [0.717, 1.165) is 25.7 Å². The van der Waals surface area contributed by atoms with E-state index in [1.54, 1.807) is 0 Å². The van der Waals surface area contributed by atoms with Crippen molar-refractivity contribution >= 4 is 11.8 Å². The SMILES string of the molecule is CCCCCCCC(=O)NC(=O)[C@@H](N)[C@@H](C)CC. The van der Waals surface area contributed by atoms with Crippen LogP contribution in [0.3, 0.4) is 0 Å². The molecule has 0 aliphatic heterocycles. The van der Waals surface area contributed by atoms with Crippen molar-refractivity contribution in [2.24, 2.45) is 11.7 Å². The Balaban J connectivity index is 3.77. The molecule has 0 heterocycles. The van der Waals surface area contributed by atoms with Crippen molar-refractivity contribution in [3.05, 3.63) is 0 Å². The molecule has 2 atom stereocenters. The normalized spacial score (nSPS) is 14.0. The van der Waals surface area contributed by atoms with E-state index in [1.807, 2.05) is 13.8 Å². The molecule has 0 saturated carbocycles. The summed E-state index contributed by atoms with van der Waals surface area (Å²) in [7, 11) is 0. The van der Waals surface area contributed by atoms with Gasteiger partial charge in [0.15, 0.2) is 0 Å². The van der Waals surface area contributed by atoms with Gasteiger partial charge in [-0.15, -0.1) is 0 Å². The molecule has 0 aromatic rings. The number of amides is 2. The molecule has 0 saturated heterocycles. The lowest BCUT2D eigenvalue weighted by Crippen LogP contribution is -2.46. The number of imide groups is 1. The highest BCUT2D eigenvalue weighted by molar-refractivity contribution is 5.97. The maximum atomic E-state index is 11.6. The Morgan fingerprint density at radius 3 is 2.28 bits per heavy atom. The number of unbranched alkanes of at least 4 members (excludes halogenated alkanes) is 4. The number of hydrogen-bond donors (Lipinski definition) is 2. The van der Waals surface area contributed by atoms with Crippen LogP contribution in [0.1, 0.15) is 65.7 Å². The van der Waals surface area contributed by atoms with Crippen molar-refractivity contribution in [2.75, 3.05) is 0 Å². The maximum Gasteiger partial charge on any atom is 0.243 e. The summed E-state index contributed by atoms with van der Waals surface area (Å²) in [5.41, 5.74) is 5.75. The van der Waals surface area contributed by atoms with Gasteiger partial charge in [-0.1, -0.05) is 52.9 Å². The van der Waals surface area contributed by atoms with Gasteiger partial charge in [0.25, 0.3) is 0 Å². The number of nitrogens with one attached hydrogen (secondary N) is 1. The van der Waals surface area contributed by atoms with Crippen molar-refractivity contribution in [3.63, 3.8) is 0 Å². The second-order valence-electron chi connectivity index (χ2n) is 4.99. The van der Waals surface area contributed by atoms with Gasteiger partial charge in [-0.05, 0) is 12.3 Å². The smallest absolute Gasteiger partial charge is 0.243 e. The first kappa shape index (κ1) is 17.1. The summed E-state index contributed by atoms with van der Waals surface area (Å²) in [6, 6.07) is -0.584. The van der Waals surface area contributed by atoms with Crippen molar-refractivity contribution < 1.29 is 9.59 Å². The van der Waals surface area contributed by atoms with Crippen LogP contribution in [0.2, 0.25) is 0 Å². The summed E-state index contributed by atoms with van der Waals surface area (Å²) < 4.78 is 0. The average molecular weight is 256 g/mol. The summed E-state index contributed by atoms with van der Waals surface area (Å²) in [5.74, 6) is -0.444. The number of nitrogens with two attached hydrogens (primary N) is 1. The quantitative estimate of drug-likeness (QED) is 0.622. The van der Waals surface area contributed by atoms with Gasteiger partial charge >= 0.3 is 0 Å². The van der Waals surface area contributed by atoms with E-state index in [1.165, 1.54) is 12.8 Å². The van der Waals surface area contributed by atoms with Gasteiger partial charge in [0.1, 0.15) is 0 Å². The molecule has 106 valence electrons. The third kappa shape index (κ3) is 7.43. The molecule has 0 radical (unpaired) electrons. The third-order valence-electron chi connectivity index (χ3n) is 3.33. The number of carbonyl (C=O) groups is 2. The zero-order chi connectivity index (χ0) is 14.0. The topological polar surface area (TPSA) is 72.2 Å². The second kappa shape index (κ2) is 10.1. The van der Waals surface area contributed by atoms with Crippen LogP contribution in [0.15, 0.2) is 0 Å². The largest absolute Gasteiger partial charge is 0.320 e. The van der Waals surface area contributed by atoms with E-state index in [2.05, 4.69) is 12.2 Å². The van der Waals surface area contributed by atoms with Gasteiger partial charge in [0, 0.05) is 6.42 Å². The van der Waals surface area contributed by atoms with Crippen LogP contribution in [0.25, 0.3) is 0 Å². The fourth-order valence-corrected chi connectivity index (χ4v) is 1.68. The lowest BCUT2D eigenvalue weighted by Gasteiger charge is -2.16. The van der Waals surface area contributed by atoms with Gasteiger partial charge in [0.2, 0.25) is 11.8 Å². The predicted molar refractivity (Wildman–Crippen MR) is 74.0 cm³/mol. The van der Waals surface area contributed by atoms with Crippen LogP contribution < -0.4 is 11.1 Å². The first-order valence-corrected chi connectivity index (χ1v) is 7.12. The van der Waals surface area contributed by atoms with Crippen LogP contribution in [-0.2, 0) is 9.59 Å². The molecule has 0 aliphatic carbocycles. The van der Waals surface area contributed by atoms with E-state index in [0.29, 0.717) is 6.42 Å². The van der Waals surface area contributed by atoms with Crippen LogP contribution in [0.5, 0.6) is 0 Å². The van der Waals surface area contributed by atoms with Crippen LogP contribution in [0.4, 0.5) is 0 Å². The average Bonchev–Trinajstić information content (AvgIpc) is 2.36.